The van der Waals surface area contributed by atoms with Crippen molar-refractivity contribution in [3.63, 3.8) is 0 Å². The highest BCUT2D eigenvalue weighted by Crippen LogP contribution is 2.50. The fourth-order valence-electron chi connectivity index (χ4n) is 3.72. The first-order valence-electron chi connectivity index (χ1n) is 8.38. The zero-order chi connectivity index (χ0) is 22.1. The van der Waals surface area contributed by atoms with Crippen LogP contribution in [0.25, 0.3) is 0 Å². The molecular weight excluding hydrogens is 368 g/mol. The molecule has 0 aromatic rings. The number of rotatable bonds is 15. The summed E-state index contributed by atoms with van der Waals surface area (Å²) in [5.41, 5.74) is -4.30. The van der Waals surface area contributed by atoms with Crippen LogP contribution in [0.1, 0.15) is 25.7 Å². The van der Waals surface area contributed by atoms with Crippen LogP contribution in [0.3, 0.4) is 0 Å². The van der Waals surface area contributed by atoms with Gasteiger partial charge in [0.25, 0.3) is 0 Å². The van der Waals surface area contributed by atoms with Gasteiger partial charge in [-0.1, -0.05) is 24.3 Å². The Morgan fingerprint density at radius 1 is 0.607 bits per heavy atom. The lowest BCUT2D eigenvalue weighted by molar-refractivity contribution is -0.182. The number of carboxylic acids is 4. The summed E-state index contributed by atoms with van der Waals surface area (Å²) in [5.74, 6) is -10.8. The zero-order valence-corrected chi connectivity index (χ0v) is 15.5. The Balaban J connectivity index is 7.17. The second-order valence-corrected chi connectivity index (χ2v) is 6.53. The predicted octanol–water partition coefficient (Wildman–Crippen LogP) is 2.83. The summed E-state index contributed by atoms with van der Waals surface area (Å²) in [6, 6.07) is 0. The fourth-order valence-corrected chi connectivity index (χ4v) is 3.72. The maximum Gasteiger partial charge on any atom is 0.311 e. The lowest BCUT2D eigenvalue weighted by atomic mass is 9.56. The van der Waals surface area contributed by atoms with Gasteiger partial charge in [-0.25, -0.2) is 0 Å². The Morgan fingerprint density at radius 3 is 0.929 bits per heavy atom. The molecule has 0 spiro atoms. The second kappa shape index (κ2) is 10.2. The van der Waals surface area contributed by atoms with E-state index in [0.717, 1.165) is 24.3 Å². The molecule has 0 heterocycles. The monoisotopic (exact) mass is 394 g/mol. The van der Waals surface area contributed by atoms with Crippen LogP contribution < -0.4 is 0 Å². The van der Waals surface area contributed by atoms with E-state index < -0.39 is 72.2 Å². The molecule has 2 unspecified atom stereocenters. The molecule has 0 aliphatic rings. The van der Waals surface area contributed by atoms with E-state index in [1.807, 2.05) is 0 Å². The van der Waals surface area contributed by atoms with Gasteiger partial charge < -0.3 is 20.4 Å². The van der Waals surface area contributed by atoms with Crippen molar-refractivity contribution in [2.45, 2.75) is 25.7 Å². The normalized spacial score (nSPS) is 13.6. The van der Waals surface area contributed by atoms with E-state index in [-0.39, 0.29) is 0 Å². The van der Waals surface area contributed by atoms with Crippen LogP contribution in [0.2, 0.25) is 0 Å². The Kier molecular flexibility index (Phi) is 9.09. The van der Waals surface area contributed by atoms with E-state index in [4.69, 9.17) is 0 Å². The lowest BCUT2D eigenvalue weighted by Crippen LogP contribution is -2.55. The second-order valence-electron chi connectivity index (χ2n) is 6.53. The maximum absolute atomic E-state index is 12.2. The Morgan fingerprint density at radius 2 is 0.821 bits per heavy atom. The first-order chi connectivity index (χ1) is 13.0. The van der Waals surface area contributed by atoms with Crippen molar-refractivity contribution in [3.8, 4) is 0 Å². The van der Waals surface area contributed by atoms with Crippen molar-refractivity contribution in [1.29, 1.82) is 0 Å². The highest BCUT2D eigenvalue weighted by Gasteiger charge is 2.61. The molecule has 0 aliphatic carbocycles. The van der Waals surface area contributed by atoms with Crippen LogP contribution >= 0.6 is 0 Å². The zero-order valence-electron chi connectivity index (χ0n) is 15.5. The van der Waals surface area contributed by atoms with E-state index in [1.165, 1.54) is 0 Å². The molecular formula is C20H26O8. The van der Waals surface area contributed by atoms with Crippen LogP contribution in [0.4, 0.5) is 0 Å². The number of hydrogen-bond donors (Lipinski definition) is 4. The Labute approximate surface area is 163 Å². The summed E-state index contributed by atoms with van der Waals surface area (Å²) in [6.45, 7) is 13.8. The summed E-state index contributed by atoms with van der Waals surface area (Å²) in [4.78, 5) is 48.7. The van der Waals surface area contributed by atoms with E-state index in [1.54, 1.807) is 0 Å². The summed E-state index contributed by atoms with van der Waals surface area (Å²) in [5, 5.41) is 39.5. The molecule has 0 bridgehead atoms. The molecule has 8 nitrogen and oxygen atoms in total. The summed E-state index contributed by atoms with van der Waals surface area (Å²) in [7, 11) is 0. The number of aliphatic carboxylic acids is 4. The van der Waals surface area contributed by atoms with Crippen molar-refractivity contribution in [1.82, 2.24) is 0 Å². The molecule has 0 saturated carbocycles. The van der Waals surface area contributed by atoms with Gasteiger partial charge in [0.15, 0.2) is 0 Å². The van der Waals surface area contributed by atoms with Gasteiger partial charge in [0, 0.05) is 0 Å². The molecule has 28 heavy (non-hydrogen) atoms. The summed E-state index contributed by atoms with van der Waals surface area (Å²) < 4.78 is 0. The van der Waals surface area contributed by atoms with Gasteiger partial charge in [-0.15, -0.1) is 26.3 Å². The molecule has 0 radical (unpaired) electrons. The molecule has 0 aromatic carbocycles. The lowest BCUT2D eigenvalue weighted by Gasteiger charge is -2.43. The Hall–Kier alpha value is -3.16. The summed E-state index contributed by atoms with van der Waals surface area (Å²) in [6.07, 6.45) is 3.07. The minimum atomic E-state index is -2.15. The van der Waals surface area contributed by atoms with Crippen molar-refractivity contribution < 1.29 is 39.6 Å². The van der Waals surface area contributed by atoms with Crippen LogP contribution in [-0.2, 0) is 19.2 Å². The standard InChI is InChI=1S/C20H26O8/c1-5-9-19(10-6-2,17(25)26)13(15(21)22)14(16(23)24)20(11-7-3,12-8-4)18(27)28/h5-8,13-14H,1-4,9-12H2,(H,21,22)(H,23,24)(H,25,26)(H,27,28). The quantitative estimate of drug-likeness (QED) is 0.310. The molecule has 0 saturated heterocycles. The van der Waals surface area contributed by atoms with Crippen molar-refractivity contribution >= 4 is 23.9 Å². The van der Waals surface area contributed by atoms with E-state index >= 15 is 0 Å². The van der Waals surface area contributed by atoms with Gasteiger partial charge in [0.1, 0.15) is 0 Å². The van der Waals surface area contributed by atoms with Crippen molar-refractivity contribution in [3.05, 3.63) is 50.6 Å². The third-order valence-corrected chi connectivity index (χ3v) is 4.94. The van der Waals surface area contributed by atoms with E-state index in [2.05, 4.69) is 26.3 Å². The average Bonchev–Trinajstić information content (AvgIpc) is 2.58. The third kappa shape index (κ3) is 4.57. The smallest absolute Gasteiger partial charge is 0.311 e. The molecule has 8 heteroatoms. The van der Waals surface area contributed by atoms with Crippen LogP contribution in [0.5, 0.6) is 0 Å². The molecule has 0 aromatic heterocycles. The van der Waals surface area contributed by atoms with E-state index in [0.29, 0.717) is 0 Å². The minimum absolute atomic E-state index is 0.396. The molecule has 4 N–H and O–H groups in total. The highest BCUT2D eigenvalue weighted by atomic mass is 16.4. The Bertz CT molecular complexity index is 598. The van der Waals surface area contributed by atoms with Crippen LogP contribution in [0, 0.1) is 22.7 Å². The summed E-state index contributed by atoms with van der Waals surface area (Å²) >= 11 is 0. The van der Waals surface area contributed by atoms with Crippen molar-refractivity contribution in [2.75, 3.05) is 0 Å². The molecule has 0 rings (SSSR count). The van der Waals surface area contributed by atoms with Crippen molar-refractivity contribution in [2.24, 2.45) is 22.7 Å². The van der Waals surface area contributed by atoms with Gasteiger partial charge in [-0.3, -0.25) is 19.2 Å². The highest BCUT2D eigenvalue weighted by molar-refractivity contribution is 5.92. The third-order valence-electron chi connectivity index (χ3n) is 4.94. The van der Waals surface area contributed by atoms with Gasteiger partial charge in [-0.05, 0) is 25.7 Å². The first-order valence-corrected chi connectivity index (χ1v) is 8.38. The van der Waals surface area contributed by atoms with Crippen LogP contribution in [0.15, 0.2) is 50.6 Å². The molecule has 0 fully saturated rings. The van der Waals surface area contributed by atoms with Gasteiger partial charge >= 0.3 is 23.9 Å². The van der Waals surface area contributed by atoms with Gasteiger partial charge in [0.05, 0.1) is 22.7 Å². The fraction of sp³-hybridized carbons (Fsp3) is 0.400. The molecule has 0 aliphatic heterocycles. The number of allylic oxidation sites excluding steroid dienone is 4. The minimum Gasteiger partial charge on any atom is -0.481 e. The van der Waals surface area contributed by atoms with E-state index in [9.17, 15) is 39.6 Å². The molecule has 154 valence electrons. The van der Waals surface area contributed by atoms with Gasteiger partial charge in [0.2, 0.25) is 0 Å². The van der Waals surface area contributed by atoms with Gasteiger partial charge in [-0.2, -0.15) is 0 Å². The number of carboxylic acid groups (broad SMARTS) is 4. The SMILES string of the molecule is C=CCC(CC=C)(C(=O)O)C(C(=O)O)C(C(=O)O)C(CC=C)(CC=C)C(=O)O. The molecule has 0 amide bonds. The largest absolute Gasteiger partial charge is 0.481 e. The predicted molar refractivity (Wildman–Crippen MR) is 102 cm³/mol. The topological polar surface area (TPSA) is 149 Å². The average molecular weight is 394 g/mol. The van der Waals surface area contributed by atoms with Crippen LogP contribution in [-0.4, -0.2) is 44.3 Å². The number of hydrogen-bond acceptors (Lipinski definition) is 4. The number of carbonyl (C=O) groups is 4. The first kappa shape index (κ1) is 24.8. The maximum atomic E-state index is 12.2. The molecule has 2 atom stereocenters.